The smallest absolute Gasteiger partial charge is 0.201 e. The average Bonchev–Trinajstić information content (AvgIpc) is 2.82. The molecule has 0 fully saturated rings. The Labute approximate surface area is 121 Å². The SMILES string of the molecule is N#Cc1cccc2c1nc(N)n2CCc1ccccc1F. The van der Waals surface area contributed by atoms with Crippen LogP contribution in [0.25, 0.3) is 11.0 Å². The standard InChI is InChI=1S/C16H13FN4/c17-13-6-2-1-4-11(13)8-9-21-14-7-3-5-12(10-18)15(14)20-16(21)19/h1-7H,8-9H2,(H2,19,20). The van der Waals surface area contributed by atoms with Crippen LogP contribution < -0.4 is 5.73 Å². The molecule has 0 radical (unpaired) electrons. The summed E-state index contributed by atoms with van der Waals surface area (Å²) in [6, 6.07) is 14.1. The van der Waals surface area contributed by atoms with E-state index in [-0.39, 0.29) is 5.82 Å². The van der Waals surface area contributed by atoms with Gasteiger partial charge >= 0.3 is 0 Å². The second-order valence-corrected chi connectivity index (χ2v) is 4.75. The van der Waals surface area contributed by atoms with E-state index in [0.29, 0.717) is 35.6 Å². The van der Waals surface area contributed by atoms with Crippen molar-refractivity contribution in [1.29, 1.82) is 5.26 Å². The van der Waals surface area contributed by atoms with Crippen molar-refractivity contribution in [3.8, 4) is 6.07 Å². The summed E-state index contributed by atoms with van der Waals surface area (Å²) < 4.78 is 15.5. The van der Waals surface area contributed by atoms with Crippen LogP contribution in [-0.2, 0) is 13.0 Å². The highest BCUT2D eigenvalue weighted by Crippen LogP contribution is 2.21. The van der Waals surface area contributed by atoms with Gasteiger partial charge in [0.2, 0.25) is 5.95 Å². The van der Waals surface area contributed by atoms with Crippen molar-refractivity contribution in [2.45, 2.75) is 13.0 Å². The quantitative estimate of drug-likeness (QED) is 0.802. The Morgan fingerprint density at radius 2 is 2.00 bits per heavy atom. The van der Waals surface area contributed by atoms with Gasteiger partial charge in [0, 0.05) is 6.54 Å². The van der Waals surface area contributed by atoms with E-state index >= 15 is 0 Å². The van der Waals surface area contributed by atoms with Gasteiger partial charge in [-0.3, -0.25) is 0 Å². The van der Waals surface area contributed by atoms with E-state index in [4.69, 9.17) is 11.0 Å². The lowest BCUT2D eigenvalue weighted by atomic mass is 10.1. The number of nitriles is 1. The molecule has 0 bridgehead atoms. The Balaban J connectivity index is 1.97. The monoisotopic (exact) mass is 280 g/mol. The molecule has 2 aromatic carbocycles. The number of imidazole rings is 1. The van der Waals surface area contributed by atoms with E-state index in [9.17, 15) is 4.39 Å². The van der Waals surface area contributed by atoms with Crippen LogP contribution in [0.3, 0.4) is 0 Å². The molecule has 1 heterocycles. The van der Waals surface area contributed by atoms with Gasteiger partial charge in [0.1, 0.15) is 17.4 Å². The van der Waals surface area contributed by atoms with Crippen LogP contribution in [0.15, 0.2) is 42.5 Å². The number of nitrogens with zero attached hydrogens (tertiary/aromatic N) is 3. The van der Waals surface area contributed by atoms with Crippen molar-refractivity contribution >= 4 is 17.0 Å². The molecule has 2 N–H and O–H groups in total. The highest BCUT2D eigenvalue weighted by atomic mass is 19.1. The van der Waals surface area contributed by atoms with Crippen molar-refractivity contribution in [2.75, 3.05) is 5.73 Å². The van der Waals surface area contributed by atoms with Gasteiger partial charge in [0.05, 0.1) is 11.1 Å². The molecule has 3 rings (SSSR count). The van der Waals surface area contributed by atoms with E-state index in [2.05, 4.69) is 11.1 Å². The van der Waals surface area contributed by atoms with E-state index in [1.807, 2.05) is 16.7 Å². The number of benzene rings is 2. The molecule has 0 saturated carbocycles. The first-order valence-electron chi connectivity index (χ1n) is 6.59. The number of rotatable bonds is 3. The maximum Gasteiger partial charge on any atom is 0.201 e. The Kier molecular flexibility index (Phi) is 3.28. The third-order valence-electron chi connectivity index (χ3n) is 3.49. The minimum Gasteiger partial charge on any atom is -0.369 e. The molecule has 1 aromatic heterocycles. The summed E-state index contributed by atoms with van der Waals surface area (Å²) in [4.78, 5) is 4.24. The highest BCUT2D eigenvalue weighted by molar-refractivity contribution is 5.83. The summed E-state index contributed by atoms with van der Waals surface area (Å²) in [6.45, 7) is 0.512. The second kappa shape index (κ2) is 5.25. The zero-order valence-corrected chi connectivity index (χ0v) is 11.3. The summed E-state index contributed by atoms with van der Waals surface area (Å²) >= 11 is 0. The molecule has 0 aliphatic carbocycles. The van der Waals surface area contributed by atoms with E-state index < -0.39 is 0 Å². The van der Waals surface area contributed by atoms with Gasteiger partial charge in [0.25, 0.3) is 0 Å². The number of hydrogen-bond acceptors (Lipinski definition) is 3. The lowest BCUT2D eigenvalue weighted by Crippen LogP contribution is -2.06. The number of fused-ring (bicyclic) bond motifs is 1. The Bertz CT molecular complexity index is 845. The van der Waals surface area contributed by atoms with Crippen LogP contribution >= 0.6 is 0 Å². The van der Waals surface area contributed by atoms with E-state index in [0.717, 1.165) is 5.52 Å². The normalized spacial score (nSPS) is 10.7. The first-order valence-corrected chi connectivity index (χ1v) is 6.59. The van der Waals surface area contributed by atoms with Gasteiger partial charge in [0.15, 0.2) is 0 Å². The van der Waals surface area contributed by atoms with Crippen LogP contribution in [-0.4, -0.2) is 9.55 Å². The van der Waals surface area contributed by atoms with Gasteiger partial charge in [-0.25, -0.2) is 9.37 Å². The van der Waals surface area contributed by atoms with Crippen LogP contribution in [0.2, 0.25) is 0 Å². The molecule has 0 unspecified atom stereocenters. The number of anilines is 1. The minimum absolute atomic E-state index is 0.224. The van der Waals surface area contributed by atoms with Crippen LogP contribution in [0, 0.1) is 17.1 Å². The molecule has 0 aliphatic heterocycles. The summed E-state index contributed by atoms with van der Waals surface area (Å²) in [5, 5.41) is 9.09. The molecule has 0 aliphatic rings. The predicted molar refractivity (Wildman–Crippen MR) is 79.0 cm³/mol. The van der Waals surface area contributed by atoms with Crippen molar-refractivity contribution in [1.82, 2.24) is 9.55 Å². The first-order chi connectivity index (χ1) is 10.2. The third-order valence-corrected chi connectivity index (χ3v) is 3.49. The molecule has 0 amide bonds. The van der Waals surface area contributed by atoms with Crippen molar-refractivity contribution < 1.29 is 4.39 Å². The molecule has 0 spiro atoms. The number of aromatic nitrogens is 2. The zero-order chi connectivity index (χ0) is 14.8. The van der Waals surface area contributed by atoms with Crippen LogP contribution in [0.1, 0.15) is 11.1 Å². The Hall–Kier alpha value is -2.87. The van der Waals surface area contributed by atoms with Crippen LogP contribution in [0.5, 0.6) is 0 Å². The molecule has 104 valence electrons. The zero-order valence-electron chi connectivity index (χ0n) is 11.3. The fraction of sp³-hybridized carbons (Fsp3) is 0.125. The molecule has 21 heavy (non-hydrogen) atoms. The maximum absolute atomic E-state index is 13.7. The third kappa shape index (κ3) is 2.32. The summed E-state index contributed by atoms with van der Waals surface area (Å²) in [6.07, 6.45) is 0.513. The number of nitrogen functional groups attached to an aromatic ring is 1. The summed E-state index contributed by atoms with van der Waals surface area (Å²) in [5.41, 5.74) is 8.44. The number of para-hydroxylation sites is 1. The fourth-order valence-corrected chi connectivity index (χ4v) is 2.42. The second-order valence-electron chi connectivity index (χ2n) is 4.75. The summed E-state index contributed by atoms with van der Waals surface area (Å²) in [7, 11) is 0. The van der Waals surface area contributed by atoms with Crippen molar-refractivity contribution in [3.63, 3.8) is 0 Å². The minimum atomic E-state index is -0.224. The van der Waals surface area contributed by atoms with Gasteiger partial charge in [-0.15, -0.1) is 0 Å². The summed E-state index contributed by atoms with van der Waals surface area (Å²) in [5.74, 6) is 0.113. The van der Waals surface area contributed by atoms with E-state index in [1.165, 1.54) is 6.07 Å². The Morgan fingerprint density at radius 3 is 2.76 bits per heavy atom. The highest BCUT2D eigenvalue weighted by Gasteiger charge is 2.11. The molecule has 4 nitrogen and oxygen atoms in total. The number of aryl methyl sites for hydroxylation is 2. The fourth-order valence-electron chi connectivity index (χ4n) is 2.42. The largest absolute Gasteiger partial charge is 0.369 e. The van der Waals surface area contributed by atoms with Crippen molar-refractivity contribution in [3.05, 3.63) is 59.4 Å². The van der Waals surface area contributed by atoms with Gasteiger partial charge < -0.3 is 10.3 Å². The first kappa shape index (κ1) is 13.1. The average molecular weight is 280 g/mol. The van der Waals surface area contributed by atoms with Gasteiger partial charge in [-0.2, -0.15) is 5.26 Å². The number of hydrogen-bond donors (Lipinski definition) is 1. The molecule has 0 atom stereocenters. The van der Waals surface area contributed by atoms with E-state index in [1.54, 1.807) is 24.3 Å². The number of halogens is 1. The number of nitrogens with two attached hydrogens (primary N) is 1. The molecular weight excluding hydrogens is 267 g/mol. The predicted octanol–water partition coefficient (Wildman–Crippen LogP) is 2.87. The van der Waals surface area contributed by atoms with Gasteiger partial charge in [-0.05, 0) is 30.2 Å². The van der Waals surface area contributed by atoms with Crippen LogP contribution in [0.4, 0.5) is 10.3 Å². The molecule has 3 aromatic rings. The molecular formula is C16H13FN4. The molecule has 5 heteroatoms. The topological polar surface area (TPSA) is 67.6 Å². The maximum atomic E-state index is 13.7. The van der Waals surface area contributed by atoms with Gasteiger partial charge in [-0.1, -0.05) is 24.3 Å². The molecule has 0 saturated heterocycles. The lowest BCUT2D eigenvalue weighted by Gasteiger charge is -2.07. The van der Waals surface area contributed by atoms with Crippen molar-refractivity contribution in [2.24, 2.45) is 0 Å². The lowest BCUT2D eigenvalue weighted by molar-refractivity contribution is 0.597. The Morgan fingerprint density at radius 1 is 1.19 bits per heavy atom.